The molecule has 0 aromatic heterocycles. The minimum absolute atomic E-state index is 0.496. The number of hydrogen-bond acceptors (Lipinski definition) is 1. The first-order valence-electron chi connectivity index (χ1n) is 6.78. The molecule has 0 aliphatic heterocycles. The van der Waals surface area contributed by atoms with Gasteiger partial charge in [-0.2, -0.15) is 0 Å². The SMILES string of the molecule is CCN(CC)c1ccc(C2C3=CC=C2C=C3)cc1. The molecule has 0 fully saturated rings. The lowest BCUT2D eigenvalue weighted by atomic mass is 9.93. The zero-order valence-corrected chi connectivity index (χ0v) is 11.1. The van der Waals surface area contributed by atoms with Crippen LogP contribution in [0, 0.1) is 0 Å². The third-order valence-electron chi connectivity index (χ3n) is 3.96. The van der Waals surface area contributed by atoms with E-state index in [0.717, 1.165) is 13.1 Å². The number of nitrogens with zero attached hydrogens (tertiary/aromatic N) is 1. The van der Waals surface area contributed by atoms with Crippen LogP contribution in [0.5, 0.6) is 0 Å². The molecule has 92 valence electrons. The molecule has 0 amide bonds. The van der Waals surface area contributed by atoms with Crippen molar-refractivity contribution in [3.8, 4) is 0 Å². The van der Waals surface area contributed by atoms with Crippen molar-refractivity contribution in [1.82, 2.24) is 0 Å². The Morgan fingerprint density at radius 1 is 0.889 bits per heavy atom. The molecule has 1 aromatic carbocycles. The van der Waals surface area contributed by atoms with Crippen molar-refractivity contribution in [2.45, 2.75) is 19.8 Å². The molecule has 0 heterocycles. The van der Waals surface area contributed by atoms with Crippen molar-refractivity contribution in [3.05, 3.63) is 65.3 Å². The maximum absolute atomic E-state index is 2.38. The Balaban J connectivity index is 1.85. The standard InChI is InChI=1S/C17H19N/c1-3-18(4-2)16-11-9-15(10-12-16)17-13-5-6-14(17)8-7-13/h5-12,17H,3-4H2,1-2H3. The summed E-state index contributed by atoms with van der Waals surface area (Å²) in [5.74, 6) is 0.496. The van der Waals surface area contributed by atoms with Crippen LogP contribution in [-0.2, 0) is 0 Å². The summed E-state index contributed by atoms with van der Waals surface area (Å²) in [4.78, 5) is 2.38. The van der Waals surface area contributed by atoms with Gasteiger partial charge in [0.2, 0.25) is 0 Å². The molecule has 18 heavy (non-hydrogen) atoms. The van der Waals surface area contributed by atoms with E-state index in [9.17, 15) is 0 Å². The van der Waals surface area contributed by atoms with Crippen LogP contribution in [0.25, 0.3) is 0 Å². The van der Waals surface area contributed by atoms with Crippen LogP contribution in [0.3, 0.4) is 0 Å². The number of rotatable bonds is 4. The van der Waals surface area contributed by atoms with E-state index in [0.29, 0.717) is 5.92 Å². The zero-order valence-electron chi connectivity index (χ0n) is 11.1. The predicted octanol–water partition coefficient (Wildman–Crippen LogP) is 4.05. The van der Waals surface area contributed by atoms with E-state index >= 15 is 0 Å². The maximum atomic E-state index is 2.38. The summed E-state index contributed by atoms with van der Waals surface area (Å²) in [7, 11) is 0. The highest BCUT2D eigenvalue weighted by molar-refractivity contribution is 5.61. The molecule has 3 rings (SSSR count). The quantitative estimate of drug-likeness (QED) is 0.763. The summed E-state index contributed by atoms with van der Waals surface area (Å²) in [6, 6.07) is 9.05. The summed E-state index contributed by atoms with van der Waals surface area (Å²) in [6.07, 6.45) is 8.94. The molecule has 1 heteroatoms. The minimum atomic E-state index is 0.496. The van der Waals surface area contributed by atoms with Crippen LogP contribution >= 0.6 is 0 Å². The smallest absolute Gasteiger partial charge is 0.0366 e. The van der Waals surface area contributed by atoms with Gasteiger partial charge >= 0.3 is 0 Å². The molecule has 0 saturated carbocycles. The topological polar surface area (TPSA) is 3.24 Å². The molecule has 2 bridgehead atoms. The molecular formula is C17H19N. The Bertz CT molecular complexity index is 505. The Morgan fingerprint density at radius 3 is 1.89 bits per heavy atom. The normalized spacial score (nSPS) is 17.0. The van der Waals surface area contributed by atoms with Crippen LogP contribution in [0.4, 0.5) is 5.69 Å². The van der Waals surface area contributed by atoms with Gasteiger partial charge in [-0.3, -0.25) is 0 Å². The van der Waals surface area contributed by atoms with E-state index < -0.39 is 0 Å². The van der Waals surface area contributed by atoms with Crippen LogP contribution < -0.4 is 4.90 Å². The van der Waals surface area contributed by atoms with Gasteiger partial charge in [0.15, 0.2) is 0 Å². The number of fused-ring (bicyclic) bond motifs is 2. The van der Waals surface area contributed by atoms with Crippen molar-refractivity contribution in [3.63, 3.8) is 0 Å². The molecule has 0 radical (unpaired) electrons. The van der Waals surface area contributed by atoms with E-state index in [1.807, 2.05) is 0 Å². The van der Waals surface area contributed by atoms with Crippen molar-refractivity contribution in [2.75, 3.05) is 18.0 Å². The number of allylic oxidation sites excluding steroid dienone is 6. The zero-order chi connectivity index (χ0) is 12.5. The molecule has 2 aliphatic carbocycles. The first kappa shape index (κ1) is 11.3. The summed E-state index contributed by atoms with van der Waals surface area (Å²) >= 11 is 0. The van der Waals surface area contributed by atoms with Gasteiger partial charge in [0.1, 0.15) is 0 Å². The van der Waals surface area contributed by atoms with Crippen molar-refractivity contribution < 1.29 is 0 Å². The monoisotopic (exact) mass is 237 g/mol. The van der Waals surface area contributed by atoms with Gasteiger partial charge in [0.05, 0.1) is 0 Å². The highest BCUT2D eigenvalue weighted by Crippen LogP contribution is 2.42. The van der Waals surface area contributed by atoms with Crippen molar-refractivity contribution in [2.24, 2.45) is 0 Å². The summed E-state index contributed by atoms with van der Waals surface area (Å²) in [6.45, 7) is 6.54. The van der Waals surface area contributed by atoms with Gasteiger partial charge in [-0.25, -0.2) is 0 Å². The fraction of sp³-hybridized carbons (Fsp3) is 0.294. The van der Waals surface area contributed by atoms with E-state index in [2.05, 4.69) is 67.3 Å². The van der Waals surface area contributed by atoms with E-state index in [4.69, 9.17) is 0 Å². The Labute approximate surface area is 109 Å². The Hall–Kier alpha value is -1.76. The van der Waals surface area contributed by atoms with E-state index in [1.54, 1.807) is 0 Å². The summed E-state index contributed by atoms with van der Waals surface area (Å²) < 4.78 is 0. The number of anilines is 1. The predicted molar refractivity (Wildman–Crippen MR) is 78.1 cm³/mol. The van der Waals surface area contributed by atoms with E-state index in [-0.39, 0.29) is 0 Å². The van der Waals surface area contributed by atoms with Gasteiger partial charge in [-0.05, 0) is 42.7 Å². The highest BCUT2D eigenvalue weighted by Gasteiger charge is 2.25. The summed E-state index contributed by atoms with van der Waals surface area (Å²) in [5.41, 5.74) is 5.59. The van der Waals surface area contributed by atoms with Crippen LogP contribution in [0.2, 0.25) is 0 Å². The second kappa shape index (κ2) is 4.49. The third kappa shape index (κ3) is 1.71. The van der Waals surface area contributed by atoms with Crippen molar-refractivity contribution in [1.29, 1.82) is 0 Å². The molecule has 0 unspecified atom stereocenters. The molecule has 0 saturated heterocycles. The second-order valence-corrected chi connectivity index (χ2v) is 4.86. The molecule has 1 nitrogen and oxygen atoms in total. The van der Waals surface area contributed by atoms with Gasteiger partial charge in [0, 0.05) is 24.7 Å². The third-order valence-corrected chi connectivity index (χ3v) is 3.96. The number of hydrogen-bond donors (Lipinski definition) is 0. The molecule has 0 spiro atoms. The lowest BCUT2D eigenvalue weighted by Gasteiger charge is -2.22. The number of benzene rings is 1. The van der Waals surface area contributed by atoms with Gasteiger partial charge in [0.25, 0.3) is 0 Å². The largest absolute Gasteiger partial charge is 0.372 e. The fourth-order valence-electron chi connectivity index (χ4n) is 2.92. The molecule has 0 atom stereocenters. The van der Waals surface area contributed by atoms with Crippen LogP contribution in [0.15, 0.2) is 59.7 Å². The van der Waals surface area contributed by atoms with Crippen molar-refractivity contribution >= 4 is 5.69 Å². The lowest BCUT2D eigenvalue weighted by Crippen LogP contribution is -2.21. The average Bonchev–Trinajstić information content (AvgIpc) is 3.01. The Morgan fingerprint density at radius 2 is 1.44 bits per heavy atom. The molecule has 0 N–H and O–H groups in total. The first-order chi connectivity index (χ1) is 8.83. The maximum Gasteiger partial charge on any atom is 0.0366 e. The minimum Gasteiger partial charge on any atom is -0.372 e. The van der Waals surface area contributed by atoms with Crippen LogP contribution in [-0.4, -0.2) is 13.1 Å². The van der Waals surface area contributed by atoms with Gasteiger partial charge in [-0.1, -0.05) is 36.4 Å². The average molecular weight is 237 g/mol. The van der Waals surface area contributed by atoms with Crippen LogP contribution in [0.1, 0.15) is 25.3 Å². The fourth-order valence-corrected chi connectivity index (χ4v) is 2.92. The Kier molecular flexibility index (Phi) is 2.83. The highest BCUT2D eigenvalue weighted by atomic mass is 15.1. The van der Waals surface area contributed by atoms with Gasteiger partial charge < -0.3 is 4.90 Å². The lowest BCUT2D eigenvalue weighted by molar-refractivity contribution is 0.865. The first-order valence-corrected chi connectivity index (χ1v) is 6.78. The van der Waals surface area contributed by atoms with Gasteiger partial charge in [-0.15, -0.1) is 0 Å². The van der Waals surface area contributed by atoms with E-state index in [1.165, 1.54) is 22.4 Å². The summed E-state index contributed by atoms with van der Waals surface area (Å²) in [5, 5.41) is 0. The molecule has 1 aromatic rings. The second-order valence-electron chi connectivity index (χ2n) is 4.86. The molecule has 2 aliphatic rings. The molecular weight excluding hydrogens is 218 g/mol.